The lowest BCUT2D eigenvalue weighted by Crippen LogP contribution is -2.54. The quantitative estimate of drug-likeness (QED) is 0.0605. The lowest BCUT2D eigenvalue weighted by atomic mass is 9.75. The summed E-state index contributed by atoms with van der Waals surface area (Å²) >= 11 is 19.1. The Labute approximate surface area is 505 Å². The molecule has 13 heteroatoms. The minimum Gasteiger partial charge on any atom is -0.486 e. The third-order valence-electron chi connectivity index (χ3n) is 17.7. The molecule has 0 amide bonds. The number of rotatable bonds is 30. The van der Waals surface area contributed by atoms with Crippen LogP contribution in [0, 0.1) is 47.3 Å². The Hall–Kier alpha value is -0.570. The number of thiophene rings is 2. The Morgan fingerprint density at radius 1 is 0.649 bits per heavy atom. The zero-order valence-corrected chi connectivity index (χ0v) is 56.4. The SMILES string of the molecule is CC(C)CCCC(C)CCC1(CCC(C)CCCC(C)C)OC2=C(SC(Br)C2)C2=C1CC(C1=C(F)C(F)C(c3cc4c(s3)-c3sc(Br)cc3OC4(CCC(C)CCCC(C)C)CCC(C)CCCC(C)C)C(=[NH2+])/C1=N\S)S2. The zero-order chi connectivity index (χ0) is 55.9. The molecule has 8 atom stereocenters. The van der Waals surface area contributed by atoms with Crippen LogP contribution in [0.3, 0.4) is 0 Å². The Balaban J connectivity index is 1.22. The number of thiol groups is 1. The van der Waals surface area contributed by atoms with Crippen LogP contribution < -0.4 is 10.1 Å². The van der Waals surface area contributed by atoms with Crippen molar-refractivity contribution < 1.29 is 23.7 Å². The van der Waals surface area contributed by atoms with Crippen LogP contribution in [0.15, 0.2) is 52.9 Å². The maximum absolute atomic E-state index is 17.9. The van der Waals surface area contributed by atoms with E-state index in [9.17, 15) is 0 Å². The fraction of sp³-hybridized carbons (Fsp3) is 0.750. The third kappa shape index (κ3) is 16.0. The number of ether oxygens (including phenoxy) is 2. The summed E-state index contributed by atoms with van der Waals surface area (Å²) in [5.74, 6) is 5.09. The van der Waals surface area contributed by atoms with E-state index < -0.39 is 34.4 Å². The van der Waals surface area contributed by atoms with Gasteiger partial charge in [-0.3, -0.25) is 5.41 Å². The van der Waals surface area contributed by atoms with E-state index in [2.05, 4.69) is 144 Å². The number of alkyl halides is 2. The number of halogens is 4. The van der Waals surface area contributed by atoms with Crippen LogP contribution >= 0.6 is 90.9 Å². The summed E-state index contributed by atoms with van der Waals surface area (Å²) in [5.41, 5.74) is 2.06. The first-order chi connectivity index (χ1) is 36.5. The Kier molecular flexibility index (Phi) is 23.9. The van der Waals surface area contributed by atoms with Crippen LogP contribution in [0.1, 0.15) is 241 Å². The summed E-state index contributed by atoms with van der Waals surface area (Å²) in [6, 6.07) is 4.28. The van der Waals surface area contributed by atoms with Crippen molar-refractivity contribution in [2.75, 3.05) is 0 Å². The van der Waals surface area contributed by atoms with Crippen molar-refractivity contribution in [1.29, 1.82) is 0 Å². The van der Waals surface area contributed by atoms with E-state index in [1.54, 1.807) is 34.4 Å². The van der Waals surface area contributed by atoms with E-state index in [-0.39, 0.29) is 21.2 Å². The van der Waals surface area contributed by atoms with E-state index in [1.807, 2.05) is 11.8 Å². The number of thioether (sulfide) groups is 2. The molecule has 0 fully saturated rings. The van der Waals surface area contributed by atoms with Crippen LogP contribution in [0.4, 0.5) is 8.78 Å². The van der Waals surface area contributed by atoms with Gasteiger partial charge in [-0.1, -0.05) is 176 Å². The van der Waals surface area contributed by atoms with Crippen molar-refractivity contribution in [2.24, 2.45) is 51.7 Å². The predicted molar refractivity (Wildman–Crippen MR) is 344 cm³/mol. The average molecular weight is 1280 g/mol. The lowest BCUT2D eigenvalue weighted by molar-refractivity contribution is -0.115. The number of hydrogen-bond acceptors (Lipinski definition) is 8. The second-order valence-corrected chi connectivity index (χ2v) is 34.2. The van der Waals surface area contributed by atoms with Gasteiger partial charge >= 0.3 is 0 Å². The second kappa shape index (κ2) is 28.8. The summed E-state index contributed by atoms with van der Waals surface area (Å²) < 4.78 is 56.4. The predicted octanol–water partition coefficient (Wildman–Crippen LogP) is 21.5. The molecule has 0 saturated carbocycles. The zero-order valence-electron chi connectivity index (χ0n) is 49.1. The highest BCUT2D eigenvalue weighted by molar-refractivity contribution is 9.11. The standard InChI is InChI=1S/C64H96Br2F2N2O2S5/c1-37(2)17-13-21-41(9)25-29-63(30-26-42(10)22-14-18-38(3)4)45-33-49(74-59(45)61-47(71-63)35-51(65)76-61)53-55(67)56(68)54(58(70-73)57(53)69)50-34-46-60(75-50)62-48(36-52(66)77-62)72-64(46,31-27-43(11)23-15-19-39(5)6)32-28-44(12)24-16-20-40(7)8/h33,35,37-44,50,52-53,55,69,73H,13-32,34,36H2,1-12H3/p+1/b69-57?,70-58-. The molecule has 7 rings (SSSR count). The molecular formula is C64H97Br2F2N2O2S5+. The van der Waals surface area contributed by atoms with E-state index in [0.29, 0.717) is 53.8 Å². The normalized spacial score (nSPS) is 26.5. The molecule has 4 aliphatic heterocycles. The molecule has 0 radical (unpaired) electrons. The van der Waals surface area contributed by atoms with E-state index in [4.69, 9.17) is 14.9 Å². The second-order valence-electron chi connectivity index (χ2n) is 26.4. The molecule has 0 spiro atoms. The highest BCUT2D eigenvalue weighted by atomic mass is 79.9. The van der Waals surface area contributed by atoms with Gasteiger partial charge in [0.15, 0.2) is 6.17 Å². The van der Waals surface area contributed by atoms with Crippen molar-refractivity contribution in [3.63, 3.8) is 0 Å². The molecule has 77 heavy (non-hydrogen) atoms. The fourth-order valence-electron chi connectivity index (χ4n) is 12.8. The third-order valence-corrected chi connectivity index (χ3v) is 24.4. The van der Waals surface area contributed by atoms with Crippen molar-refractivity contribution in [3.05, 3.63) is 58.9 Å². The van der Waals surface area contributed by atoms with Gasteiger partial charge in [0.1, 0.15) is 40.2 Å². The molecule has 2 N–H and O–H groups in total. The number of fused-ring (bicyclic) bond motifs is 4. The molecule has 0 saturated heterocycles. The van der Waals surface area contributed by atoms with E-state index in [1.165, 1.54) is 87.5 Å². The number of nitrogens with two attached hydrogens (primary N) is 1. The van der Waals surface area contributed by atoms with Crippen molar-refractivity contribution in [2.45, 2.75) is 257 Å². The Bertz CT molecular complexity index is 2390. The van der Waals surface area contributed by atoms with Gasteiger partial charge in [-0.05, 0) is 146 Å². The van der Waals surface area contributed by atoms with Crippen LogP contribution in [0.5, 0.6) is 5.75 Å². The molecule has 2 aromatic heterocycles. The van der Waals surface area contributed by atoms with Crippen molar-refractivity contribution in [1.82, 2.24) is 0 Å². The first-order valence-corrected chi connectivity index (χ1v) is 35.7. The lowest BCUT2D eigenvalue weighted by Gasteiger charge is -2.41. The van der Waals surface area contributed by atoms with Crippen LogP contribution in [-0.2, 0) is 10.3 Å². The number of hydrogen-bond donors (Lipinski definition) is 2. The average Bonchev–Trinajstić information content (AvgIpc) is 4.27. The van der Waals surface area contributed by atoms with Crippen molar-refractivity contribution in [3.8, 4) is 15.5 Å². The van der Waals surface area contributed by atoms with Gasteiger partial charge in [-0.2, -0.15) is 0 Å². The minimum atomic E-state index is -1.98. The van der Waals surface area contributed by atoms with Gasteiger partial charge in [0.2, 0.25) is 5.71 Å². The monoisotopic (exact) mass is 1280 g/mol. The van der Waals surface area contributed by atoms with Crippen LogP contribution in [-0.4, -0.2) is 32.6 Å². The highest BCUT2D eigenvalue weighted by Gasteiger charge is 2.55. The molecule has 6 heterocycles. The van der Waals surface area contributed by atoms with Gasteiger partial charge in [0.25, 0.3) is 0 Å². The molecule has 1 aliphatic carbocycles. The summed E-state index contributed by atoms with van der Waals surface area (Å²) in [4.78, 5) is 5.24. The summed E-state index contributed by atoms with van der Waals surface area (Å²) in [6.07, 6.45) is 21.7. The molecule has 4 nitrogen and oxygen atoms in total. The molecule has 8 unspecified atom stereocenters. The van der Waals surface area contributed by atoms with E-state index >= 15 is 8.78 Å². The van der Waals surface area contributed by atoms with Gasteiger partial charge in [-0.15, -0.1) is 46.2 Å². The maximum Gasteiger partial charge on any atom is 0.211 e. The molecule has 5 aliphatic rings. The van der Waals surface area contributed by atoms with E-state index in [0.717, 1.165) is 98.2 Å². The van der Waals surface area contributed by atoms with Crippen molar-refractivity contribution >= 4 is 102 Å². The Morgan fingerprint density at radius 2 is 1.14 bits per heavy atom. The molecule has 2 aromatic rings. The summed E-state index contributed by atoms with van der Waals surface area (Å²) in [5, 5.41) is 6.89. The van der Waals surface area contributed by atoms with Gasteiger partial charge in [-0.25, -0.2) is 13.2 Å². The van der Waals surface area contributed by atoms with Gasteiger partial charge in [0, 0.05) is 38.7 Å². The fourth-order valence-corrected chi connectivity index (χ4v) is 19.7. The molecular weight excluding hydrogens is 1190 g/mol. The first kappa shape index (κ1) is 64.0. The largest absolute Gasteiger partial charge is 0.486 e. The number of nitrogens with zero attached hydrogens (tertiary/aromatic N) is 1. The summed E-state index contributed by atoms with van der Waals surface area (Å²) in [6.45, 7) is 28.1. The van der Waals surface area contributed by atoms with Crippen LogP contribution in [0.25, 0.3) is 9.75 Å². The summed E-state index contributed by atoms with van der Waals surface area (Å²) in [7, 11) is 0. The molecule has 0 aromatic carbocycles. The topological polar surface area (TPSA) is 56.4 Å². The highest BCUT2D eigenvalue weighted by Crippen LogP contribution is 2.63. The maximum atomic E-state index is 17.9. The van der Waals surface area contributed by atoms with Gasteiger partial charge in [0.05, 0.1) is 22.6 Å². The smallest absolute Gasteiger partial charge is 0.211 e. The van der Waals surface area contributed by atoms with Gasteiger partial charge < -0.3 is 9.47 Å². The Morgan fingerprint density at radius 3 is 1.62 bits per heavy atom. The van der Waals surface area contributed by atoms with Crippen LogP contribution in [0.2, 0.25) is 0 Å². The molecule has 0 bridgehead atoms. The minimum absolute atomic E-state index is 0.199. The molecule has 432 valence electrons. The number of allylic oxidation sites excluding steroid dienone is 2. The first-order valence-electron chi connectivity index (χ1n) is 30.2.